The Morgan fingerprint density at radius 3 is 1.86 bits per heavy atom. The molecule has 0 aliphatic heterocycles. The first kappa shape index (κ1) is 19.7. The Morgan fingerprint density at radius 1 is 0.750 bits per heavy atom. The van der Waals surface area contributed by atoms with E-state index >= 15 is 0 Å². The molecule has 28 heavy (non-hydrogen) atoms. The van der Waals surface area contributed by atoms with Crippen molar-refractivity contribution in [1.29, 1.82) is 0 Å². The highest BCUT2D eigenvalue weighted by molar-refractivity contribution is 5.83. The van der Waals surface area contributed by atoms with Gasteiger partial charge in [0, 0.05) is 5.56 Å². The van der Waals surface area contributed by atoms with E-state index in [0.717, 1.165) is 41.5 Å². The summed E-state index contributed by atoms with van der Waals surface area (Å²) in [6.07, 6.45) is 6.37. The molecule has 142 valence electrons. The summed E-state index contributed by atoms with van der Waals surface area (Å²) in [5, 5.41) is 8.20. The van der Waals surface area contributed by atoms with E-state index in [9.17, 15) is 4.39 Å². The molecular formula is C25H25FN2. The lowest BCUT2D eigenvalue weighted by Gasteiger charge is -2.06. The average Bonchev–Trinajstić information content (AvgIpc) is 2.73. The van der Waals surface area contributed by atoms with Crippen molar-refractivity contribution in [1.82, 2.24) is 0 Å². The Bertz CT molecular complexity index is 955. The van der Waals surface area contributed by atoms with E-state index < -0.39 is 0 Å². The van der Waals surface area contributed by atoms with Crippen LogP contribution in [0.15, 0.2) is 76.9 Å². The number of hydrogen-bond donors (Lipinski definition) is 0. The summed E-state index contributed by atoms with van der Waals surface area (Å²) in [6.45, 7) is 4.23. The first-order valence-electron chi connectivity index (χ1n) is 9.73. The number of aryl methyl sites for hydroxylation is 2. The standard InChI is InChI=1S/C25H25FN2/c1-3-5-20-12-15-24(25(26)16-20)23-13-10-22(11-14-23)18-28-27-17-21-8-6-19(4-2)7-9-21/h6-18H,3-5H2,1-2H3. The monoisotopic (exact) mass is 372 g/mol. The summed E-state index contributed by atoms with van der Waals surface area (Å²) >= 11 is 0. The van der Waals surface area contributed by atoms with Crippen molar-refractivity contribution in [3.05, 3.63) is 94.8 Å². The highest BCUT2D eigenvalue weighted by atomic mass is 19.1. The Labute approximate surface area is 166 Å². The molecule has 2 nitrogen and oxygen atoms in total. The van der Waals surface area contributed by atoms with Gasteiger partial charge in [-0.15, -0.1) is 0 Å². The fourth-order valence-corrected chi connectivity index (χ4v) is 3.03. The van der Waals surface area contributed by atoms with Crippen LogP contribution in [0.2, 0.25) is 0 Å². The van der Waals surface area contributed by atoms with E-state index in [1.54, 1.807) is 18.5 Å². The number of hydrogen-bond acceptors (Lipinski definition) is 2. The maximum Gasteiger partial charge on any atom is 0.131 e. The Hall–Kier alpha value is -3.07. The third kappa shape index (κ3) is 5.23. The van der Waals surface area contributed by atoms with Gasteiger partial charge in [-0.25, -0.2) is 4.39 Å². The van der Waals surface area contributed by atoms with Crippen LogP contribution >= 0.6 is 0 Å². The molecular weight excluding hydrogens is 347 g/mol. The quantitative estimate of drug-likeness (QED) is 0.336. The zero-order chi connectivity index (χ0) is 19.8. The maximum absolute atomic E-state index is 14.4. The molecule has 0 aliphatic rings. The first-order chi connectivity index (χ1) is 13.7. The van der Waals surface area contributed by atoms with Crippen molar-refractivity contribution in [3.63, 3.8) is 0 Å². The summed E-state index contributed by atoms with van der Waals surface area (Å²) < 4.78 is 14.4. The normalized spacial score (nSPS) is 11.5. The van der Waals surface area contributed by atoms with E-state index in [0.29, 0.717) is 5.56 Å². The van der Waals surface area contributed by atoms with Crippen molar-refractivity contribution >= 4 is 12.4 Å². The Kier molecular flexibility index (Phi) is 6.85. The predicted molar refractivity (Wildman–Crippen MR) is 117 cm³/mol. The molecule has 0 radical (unpaired) electrons. The largest absolute Gasteiger partial charge is 0.206 e. The topological polar surface area (TPSA) is 24.7 Å². The van der Waals surface area contributed by atoms with Gasteiger partial charge in [0.15, 0.2) is 0 Å². The molecule has 0 atom stereocenters. The van der Waals surface area contributed by atoms with Crippen molar-refractivity contribution in [2.75, 3.05) is 0 Å². The SMILES string of the molecule is CCCc1ccc(-c2ccc(C=NN=Cc3ccc(CC)cc3)cc2)c(F)c1. The predicted octanol–water partition coefficient (Wildman–Crippen LogP) is 6.46. The molecule has 3 heteroatoms. The van der Waals surface area contributed by atoms with Gasteiger partial charge in [-0.05, 0) is 46.7 Å². The molecule has 0 bridgehead atoms. The third-order valence-corrected chi connectivity index (χ3v) is 4.66. The minimum absolute atomic E-state index is 0.175. The fourth-order valence-electron chi connectivity index (χ4n) is 3.03. The first-order valence-corrected chi connectivity index (χ1v) is 9.73. The minimum Gasteiger partial charge on any atom is -0.206 e. The van der Waals surface area contributed by atoms with Gasteiger partial charge in [0.2, 0.25) is 0 Å². The Morgan fingerprint density at radius 2 is 1.32 bits per heavy atom. The van der Waals surface area contributed by atoms with Gasteiger partial charge in [-0.2, -0.15) is 10.2 Å². The highest BCUT2D eigenvalue weighted by Gasteiger charge is 2.06. The molecule has 0 heterocycles. The second-order valence-electron chi connectivity index (χ2n) is 6.77. The van der Waals surface area contributed by atoms with E-state index in [1.165, 1.54) is 5.56 Å². The van der Waals surface area contributed by atoms with E-state index in [-0.39, 0.29) is 5.82 Å². The van der Waals surface area contributed by atoms with Gasteiger partial charge in [-0.3, -0.25) is 0 Å². The molecule has 0 fully saturated rings. The molecule has 0 spiro atoms. The lowest BCUT2D eigenvalue weighted by Crippen LogP contribution is -1.90. The van der Waals surface area contributed by atoms with Crippen LogP contribution in [0.25, 0.3) is 11.1 Å². The van der Waals surface area contributed by atoms with Gasteiger partial charge < -0.3 is 0 Å². The van der Waals surface area contributed by atoms with Crippen LogP contribution in [-0.4, -0.2) is 12.4 Å². The second kappa shape index (κ2) is 9.75. The van der Waals surface area contributed by atoms with E-state index in [2.05, 4.69) is 36.2 Å². The van der Waals surface area contributed by atoms with Crippen LogP contribution < -0.4 is 0 Å². The highest BCUT2D eigenvalue weighted by Crippen LogP contribution is 2.24. The number of rotatable bonds is 7. The molecule has 0 aromatic heterocycles. The van der Waals surface area contributed by atoms with Gasteiger partial charge in [0.05, 0.1) is 12.4 Å². The summed E-state index contributed by atoms with van der Waals surface area (Å²) in [4.78, 5) is 0. The molecule has 3 rings (SSSR count). The zero-order valence-electron chi connectivity index (χ0n) is 16.4. The lowest BCUT2D eigenvalue weighted by molar-refractivity contribution is 0.628. The van der Waals surface area contributed by atoms with Crippen LogP contribution in [0.5, 0.6) is 0 Å². The summed E-state index contributed by atoms with van der Waals surface area (Å²) in [5.74, 6) is -0.175. The molecule has 0 amide bonds. The van der Waals surface area contributed by atoms with Crippen LogP contribution in [-0.2, 0) is 12.8 Å². The third-order valence-electron chi connectivity index (χ3n) is 4.66. The summed E-state index contributed by atoms with van der Waals surface area (Å²) in [7, 11) is 0. The van der Waals surface area contributed by atoms with Crippen LogP contribution in [0, 0.1) is 5.82 Å². The van der Waals surface area contributed by atoms with E-state index in [4.69, 9.17) is 0 Å². The van der Waals surface area contributed by atoms with Crippen LogP contribution in [0.3, 0.4) is 0 Å². The number of benzene rings is 3. The van der Waals surface area contributed by atoms with Gasteiger partial charge in [0.1, 0.15) is 5.82 Å². The maximum atomic E-state index is 14.4. The molecule has 0 saturated carbocycles. The second-order valence-corrected chi connectivity index (χ2v) is 6.77. The van der Waals surface area contributed by atoms with Gasteiger partial charge in [0.25, 0.3) is 0 Å². The Balaban J connectivity index is 1.65. The molecule has 3 aromatic rings. The minimum atomic E-state index is -0.175. The number of nitrogens with zero attached hydrogens (tertiary/aromatic N) is 2. The molecule has 0 aliphatic carbocycles. The van der Waals surface area contributed by atoms with Gasteiger partial charge >= 0.3 is 0 Å². The summed E-state index contributed by atoms with van der Waals surface area (Å²) in [5.41, 5.74) is 5.76. The summed E-state index contributed by atoms with van der Waals surface area (Å²) in [6, 6.07) is 21.4. The molecule has 0 saturated heterocycles. The molecule has 3 aromatic carbocycles. The van der Waals surface area contributed by atoms with Crippen molar-refractivity contribution in [2.45, 2.75) is 33.1 Å². The van der Waals surface area contributed by atoms with Gasteiger partial charge in [-0.1, -0.05) is 80.9 Å². The van der Waals surface area contributed by atoms with Crippen molar-refractivity contribution < 1.29 is 4.39 Å². The number of halogens is 1. The lowest BCUT2D eigenvalue weighted by atomic mass is 10.0. The van der Waals surface area contributed by atoms with Crippen LogP contribution in [0.4, 0.5) is 4.39 Å². The van der Waals surface area contributed by atoms with E-state index in [1.807, 2.05) is 48.5 Å². The van der Waals surface area contributed by atoms with Crippen molar-refractivity contribution in [2.24, 2.45) is 10.2 Å². The molecule has 0 N–H and O–H groups in total. The average molecular weight is 372 g/mol. The smallest absolute Gasteiger partial charge is 0.131 e. The van der Waals surface area contributed by atoms with Crippen LogP contribution in [0.1, 0.15) is 42.5 Å². The fraction of sp³-hybridized carbons (Fsp3) is 0.200. The molecule has 0 unspecified atom stereocenters. The van der Waals surface area contributed by atoms with Crippen molar-refractivity contribution in [3.8, 4) is 11.1 Å². The zero-order valence-corrected chi connectivity index (χ0v) is 16.4.